The summed E-state index contributed by atoms with van der Waals surface area (Å²) in [5.41, 5.74) is 1.34. The molecule has 0 aliphatic carbocycles. The second kappa shape index (κ2) is 6.78. The number of halogens is 1. The Bertz CT molecular complexity index is 726. The maximum atomic E-state index is 11.4. The van der Waals surface area contributed by atoms with Crippen LogP contribution < -0.4 is 10.1 Å². The van der Waals surface area contributed by atoms with Gasteiger partial charge in [0.15, 0.2) is 0 Å². The van der Waals surface area contributed by atoms with E-state index in [1.54, 1.807) is 12.1 Å². The summed E-state index contributed by atoms with van der Waals surface area (Å²) in [6.45, 7) is 7.39. The Hall–Kier alpha value is -2.41. The number of nitrogens with zero attached hydrogens (tertiary/aromatic N) is 3. The Morgan fingerprint density at radius 2 is 1.87 bits per heavy atom. The van der Waals surface area contributed by atoms with Gasteiger partial charge in [-0.15, -0.1) is 0 Å². The quantitative estimate of drug-likeness (QED) is 0.647. The second-order valence-electron chi connectivity index (χ2n) is 5.41. The molecule has 0 atom stereocenters. The van der Waals surface area contributed by atoms with Crippen molar-refractivity contribution < 1.29 is 9.66 Å². The van der Waals surface area contributed by atoms with Gasteiger partial charge in [-0.2, -0.15) is 4.98 Å². The molecule has 0 unspecified atom stereocenters. The van der Waals surface area contributed by atoms with E-state index in [2.05, 4.69) is 15.3 Å². The Balaban J connectivity index is 2.45. The summed E-state index contributed by atoms with van der Waals surface area (Å²) in [6, 6.07) is 3.39. The van der Waals surface area contributed by atoms with Crippen molar-refractivity contribution in [3.05, 3.63) is 44.7 Å². The van der Waals surface area contributed by atoms with Crippen LogP contribution in [0.15, 0.2) is 18.5 Å². The van der Waals surface area contributed by atoms with Gasteiger partial charge in [-0.05, 0) is 51.0 Å². The fraction of sp³-hybridized carbons (Fsp3) is 0.333. The Labute approximate surface area is 138 Å². The number of rotatable bonds is 5. The summed E-state index contributed by atoms with van der Waals surface area (Å²) in [5.74, 6) is 0.438. The Morgan fingerprint density at radius 1 is 1.26 bits per heavy atom. The fourth-order valence-corrected chi connectivity index (χ4v) is 2.17. The summed E-state index contributed by atoms with van der Waals surface area (Å²) in [5, 5.41) is 14.9. The van der Waals surface area contributed by atoms with Gasteiger partial charge in [-0.1, -0.05) is 11.6 Å². The van der Waals surface area contributed by atoms with Crippen molar-refractivity contribution in [3.8, 4) is 11.6 Å². The number of aryl methyl sites for hydroxylation is 2. The van der Waals surface area contributed by atoms with Gasteiger partial charge in [0.05, 0.1) is 4.92 Å². The molecule has 1 N–H and O–H groups in total. The lowest BCUT2D eigenvalue weighted by atomic mass is 10.1. The van der Waals surface area contributed by atoms with Crippen molar-refractivity contribution in [1.82, 2.24) is 9.97 Å². The van der Waals surface area contributed by atoms with E-state index in [0.29, 0.717) is 10.8 Å². The van der Waals surface area contributed by atoms with Gasteiger partial charge in [-0.25, -0.2) is 4.98 Å². The first-order valence-electron chi connectivity index (χ1n) is 7.00. The lowest BCUT2D eigenvalue weighted by Crippen LogP contribution is -2.13. The molecule has 122 valence electrons. The molecule has 0 spiro atoms. The van der Waals surface area contributed by atoms with Crippen molar-refractivity contribution in [3.63, 3.8) is 0 Å². The predicted octanol–water partition coefficient (Wildman–Crippen LogP) is 4.27. The molecule has 0 amide bonds. The van der Waals surface area contributed by atoms with Gasteiger partial charge in [0.1, 0.15) is 12.1 Å². The number of hydrogen-bond acceptors (Lipinski definition) is 6. The first kappa shape index (κ1) is 17.0. The normalized spacial score (nSPS) is 10.7. The van der Waals surface area contributed by atoms with E-state index < -0.39 is 4.92 Å². The summed E-state index contributed by atoms with van der Waals surface area (Å²) in [4.78, 5) is 18.7. The van der Waals surface area contributed by atoms with Crippen molar-refractivity contribution in [2.24, 2.45) is 0 Å². The average Bonchev–Trinajstić information content (AvgIpc) is 2.43. The highest BCUT2D eigenvalue weighted by molar-refractivity contribution is 6.32. The van der Waals surface area contributed by atoms with Crippen molar-refractivity contribution >= 4 is 23.1 Å². The van der Waals surface area contributed by atoms with Gasteiger partial charge in [-0.3, -0.25) is 10.1 Å². The molecule has 0 fully saturated rings. The molecule has 0 saturated carbocycles. The Kier molecular flexibility index (Phi) is 5.00. The summed E-state index contributed by atoms with van der Waals surface area (Å²) in [6.07, 6.45) is 1.22. The van der Waals surface area contributed by atoms with Crippen LogP contribution in [0.5, 0.6) is 11.6 Å². The van der Waals surface area contributed by atoms with E-state index in [-0.39, 0.29) is 23.4 Å². The van der Waals surface area contributed by atoms with E-state index in [9.17, 15) is 10.1 Å². The molecule has 0 bridgehead atoms. The van der Waals surface area contributed by atoms with Gasteiger partial charge >= 0.3 is 11.6 Å². The van der Waals surface area contributed by atoms with Crippen molar-refractivity contribution in [2.75, 3.05) is 5.32 Å². The first-order valence-corrected chi connectivity index (χ1v) is 7.38. The number of anilines is 1. The predicted molar refractivity (Wildman–Crippen MR) is 88.4 cm³/mol. The molecule has 2 rings (SSSR count). The van der Waals surface area contributed by atoms with Crippen molar-refractivity contribution in [1.29, 1.82) is 0 Å². The van der Waals surface area contributed by atoms with Gasteiger partial charge in [0.2, 0.25) is 5.82 Å². The number of nitrogens with one attached hydrogen (secondary N) is 1. The van der Waals surface area contributed by atoms with Crippen LogP contribution >= 0.6 is 11.6 Å². The highest BCUT2D eigenvalue weighted by Crippen LogP contribution is 2.35. The number of ether oxygens (including phenoxy) is 1. The molecular formula is C15H17ClN4O3. The molecule has 1 heterocycles. The van der Waals surface area contributed by atoms with E-state index in [1.165, 1.54) is 6.33 Å². The lowest BCUT2D eigenvalue weighted by Gasteiger charge is -2.12. The second-order valence-corrected chi connectivity index (χ2v) is 5.78. The zero-order chi connectivity index (χ0) is 17.1. The van der Waals surface area contributed by atoms with E-state index in [4.69, 9.17) is 16.3 Å². The number of aromatic nitrogens is 2. The Morgan fingerprint density at radius 3 is 2.39 bits per heavy atom. The molecule has 0 saturated heterocycles. The molecule has 1 aromatic carbocycles. The molecule has 2 aromatic rings. The molecule has 0 aliphatic rings. The van der Waals surface area contributed by atoms with Crippen LogP contribution in [-0.2, 0) is 0 Å². The van der Waals surface area contributed by atoms with Crippen LogP contribution in [-0.4, -0.2) is 20.9 Å². The minimum Gasteiger partial charge on any atom is -0.434 e. The third-order valence-corrected chi connectivity index (χ3v) is 3.62. The summed E-state index contributed by atoms with van der Waals surface area (Å²) >= 11 is 6.12. The van der Waals surface area contributed by atoms with Crippen LogP contribution in [0.1, 0.15) is 25.0 Å². The zero-order valence-corrected chi connectivity index (χ0v) is 14.0. The topological polar surface area (TPSA) is 90.2 Å². The number of benzene rings is 1. The van der Waals surface area contributed by atoms with Gasteiger partial charge in [0.25, 0.3) is 0 Å². The average molecular weight is 337 g/mol. The largest absolute Gasteiger partial charge is 0.434 e. The van der Waals surface area contributed by atoms with E-state index in [0.717, 1.165) is 11.1 Å². The third-order valence-electron chi connectivity index (χ3n) is 3.02. The smallest absolute Gasteiger partial charge is 0.373 e. The highest BCUT2D eigenvalue weighted by Gasteiger charge is 2.25. The lowest BCUT2D eigenvalue weighted by molar-refractivity contribution is -0.385. The minimum atomic E-state index is -0.560. The van der Waals surface area contributed by atoms with Crippen molar-refractivity contribution in [2.45, 2.75) is 33.7 Å². The van der Waals surface area contributed by atoms with E-state index in [1.807, 2.05) is 27.7 Å². The number of nitro groups is 1. The summed E-state index contributed by atoms with van der Waals surface area (Å²) < 4.78 is 5.62. The molecule has 7 nitrogen and oxygen atoms in total. The van der Waals surface area contributed by atoms with Gasteiger partial charge < -0.3 is 10.1 Å². The molecule has 1 aromatic heterocycles. The van der Waals surface area contributed by atoms with Crippen LogP contribution in [0.4, 0.5) is 11.5 Å². The van der Waals surface area contributed by atoms with Crippen LogP contribution in [0.2, 0.25) is 5.02 Å². The monoisotopic (exact) mass is 336 g/mol. The van der Waals surface area contributed by atoms with Gasteiger partial charge in [0, 0.05) is 11.1 Å². The zero-order valence-electron chi connectivity index (χ0n) is 13.3. The molecular weight excluding hydrogens is 320 g/mol. The first-order chi connectivity index (χ1) is 10.8. The maximum absolute atomic E-state index is 11.4. The SMILES string of the molecule is Cc1cc(Oc2ncnc(NC(C)C)c2[N+](=O)[O-])cc(C)c1Cl. The third kappa shape index (κ3) is 3.87. The van der Waals surface area contributed by atoms with E-state index >= 15 is 0 Å². The molecule has 0 aliphatic heterocycles. The number of hydrogen-bond donors (Lipinski definition) is 1. The highest BCUT2D eigenvalue weighted by atomic mass is 35.5. The minimum absolute atomic E-state index is 0.0172. The molecule has 8 heteroatoms. The molecule has 23 heavy (non-hydrogen) atoms. The van der Waals surface area contributed by atoms with Crippen LogP contribution in [0.25, 0.3) is 0 Å². The van der Waals surface area contributed by atoms with Crippen LogP contribution in [0.3, 0.4) is 0 Å². The summed E-state index contributed by atoms with van der Waals surface area (Å²) in [7, 11) is 0. The standard InChI is InChI=1S/C15H17ClN4O3/c1-8(2)19-14-13(20(21)22)15(18-7-17-14)23-11-5-9(3)12(16)10(4)6-11/h5-8H,1-4H3,(H,17,18,19). The fourth-order valence-electron chi connectivity index (χ4n) is 2.06. The van der Waals surface area contributed by atoms with Crippen LogP contribution in [0, 0.1) is 24.0 Å². The maximum Gasteiger partial charge on any atom is 0.373 e. The molecule has 0 radical (unpaired) electrons.